The van der Waals surface area contributed by atoms with Crippen molar-refractivity contribution in [3.63, 3.8) is 0 Å². The molecule has 1 aromatic carbocycles. The van der Waals surface area contributed by atoms with Crippen LogP contribution in [0.3, 0.4) is 0 Å². The molecule has 1 atom stereocenters. The molecule has 4 heteroatoms. The number of benzene rings is 1. The third kappa shape index (κ3) is 4.03. The van der Waals surface area contributed by atoms with Crippen LogP contribution < -0.4 is 0 Å². The zero-order valence-electron chi connectivity index (χ0n) is 10.4. The minimum atomic E-state index is 0.0904. The number of carbonyl (C=O) groups excluding carboxylic acids is 1. The lowest BCUT2D eigenvalue weighted by Crippen LogP contribution is -2.36. The Kier molecular flexibility index (Phi) is 6.06. The Morgan fingerprint density at radius 1 is 1.41 bits per heavy atom. The number of hydrogen-bond acceptors (Lipinski definition) is 2. The van der Waals surface area contributed by atoms with Gasteiger partial charge in [-0.1, -0.05) is 28.1 Å². The van der Waals surface area contributed by atoms with E-state index in [1.165, 1.54) is 5.56 Å². The van der Waals surface area contributed by atoms with Crippen molar-refractivity contribution in [2.45, 2.75) is 18.3 Å². The number of hydrogen-bond donors (Lipinski definition) is 0. The largest absolute Gasteiger partial charge is 0.338 e. The number of amides is 1. The first kappa shape index (κ1) is 14.6. The summed E-state index contributed by atoms with van der Waals surface area (Å²) in [5.74, 6) is 1.05. The van der Waals surface area contributed by atoms with Gasteiger partial charge in [0.2, 0.25) is 0 Å². The Hall–Kier alpha value is -0.480. The van der Waals surface area contributed by atoms with E-state index in [1.54, 1.807) is 16.7 Å². The van der Waals surface area contributed by atoms with Gasteiger partial charge in [0.05, 0.1) is 0 Å². The molecule has 0 aliphatic carbocycles. The van der Waals surface area contributed by atoms with E-state index >= 15 is 0 Å². The maximum Gasteiger partial charge on any atom is 0.253 e. The molecule has 0 radical (unpaired) electrons. The summed E-state index contributed by atoms with van der Waals surface area (Å²) in [5.41, 5.74) is 1.94. The topological polar surface area (TPSA) is 20.3 Å². The normalized spacial score (nSPS) is 12.2. The third-order valence-corrected chi connectivity index (χ3v) is 4.21. The molecular formula is C13H18BrNOS. The Morgan fingerprint density at radius 3 is 2.47 bits per heavy atom. The molecular weight excluding hydrogens is 298 g/mol. The van der Waals surface area contributed by atoms with Crippen molar-refractivity contribution in [3.05, 3.63) is 35.4 Å². The molecule has 94 valence electrons. The number of halogens is 1. The summed E-state index contributed by atoms with van der Waals surface area (Å²) in [6.07, 6.45) is 2.06. The molecule has 1 aromatic rings. The maximum absolute atomic E-state index is 12.2. The molecule has 0 aliphatic heterocycles. The van der Waals surface area contributed by atoms with Gasteiger partial charge in [0.15, 0.2) is 0 Å². The predicted octanol–water partition coefficient (Wildman–Crippen LogP) is 3.41. The summed E-state index contributed by atoms with van der Waals surface area (Å²) in [7, 11) is 1.86. The molecule has 0 bridgehead atoms. The minimum Gasteiger partial charge on any atom is -0.338 e. The van der Waals surface area contributed by atoms with Gasteiger partial charge in [-0.05, 0) is 30.9 Å². The Balaban J connectivity index is 2.74. The quantitative estimate of drug-likeness (QED) is 0.776. The molecule has 0 spiro atoms. The highest BCUT2D eigenvalue weighted by atomic mass is 79.9. The van der Waals surface area contributed by atoms with Gasteiger partial charge >= 0.3 is 0 Å². The lowest BCUT2D eigenvalue weighted by atomic mass is 10.1. The van der Waals surface area contributed by atoms with Gasteiger partial charge in [-0.15, -0.1) is 0 Å². The number of carbonyl (C=O) groups is 1. The molecule has 1 rings (SSSR count). The monoisotopic (exact) mass is 315 g/mol. The molecule has 1 unspecified atom stereocenters. The Bertz CT molecular complexity index is 366. The summed E-state index contributed by atoms with van der Waals surface area (Å²) < 4.78 is 0. The summed E-state index contributed by atoms with van der Waals surface area (Å²) in [6, 6.07) is 8.00. The van der Waals surface area contributed by atoms with Gasteiger partial charge in [-0.3, -0.25) is 4.79 Å². The van der Waals surface area contributed by atoms with Crippen molar-refractivity contribution in [1.29, 1.82) is 0 Å². The standard InChI is InChI=1S/C13H18BrNOS/c1-10(9-17-3)15(2)13(16)12-6-4-11(8-14)5-7-12/h4-7,10H,8-9H2,1-3H3. The summed E-state index contributed by atoms with van der Waals surface area (Å²) >= 11 is 5.15. The highest BCUT2D eigenvalue weighted by molar-refractivity contribution is 9.08. The molecule has 0 heterocycles. The van der Waals surface area contributed by atoms with Crippen LogP contribution in [-0.4, -0.2) is 35.9 Å². The van der Waals surface area contributed by atoms with Gasteiger partial charge in [-0.2, -0.15) is 11.8 Å². The molecule has 0 fully saturated rings. The minimum absolute atomic E-state index is 0.0904. The molecule has 0 saturated carbocycles. The van der Waals surface area contributed by atoms with Crippen molar-refractivity contribution in [3.8, 4) is 0 Å². The molecule has 2 nitrogen and oxygen atoms in total. The first-order valence-corrected chi connectivity index (χ1v) is 8.02. The van der Waals surface area contributed by atoms with Crippen LogP contribution in [0.15, 0.2) is 24.3 Å². The fourth-order valence-electron chi connectivity index (χ4n) is 1.49. The smallest absolute Gasteiger partial charge is 0.253 e. The van der Waals surface area contributed by atoms with Crippen molar-refractivity contribution >= 4 is 33.6 Å². The average Bonchev–Trinajstić information content (AvgIpc) is 2.37. The van der Waals surface area contributed by atoms with E-state index in [2.05, 4.69) is 29.1 Å². The fraction of sp³-hybridized carbons (Fsp3) is 0.462. The highest BCUT2D eigenvalue weighted by Crippen LogP contribution is 2.12. The maximum atomic E-state index is 12.2. The first-order valence-electron chi connectivity index (χ1n) is 5.51. The Morgan fingerprint density at radius 2 is 2.00 bits per heavy atom. The molecule has 0 aliphatic rings. The molecule has 0 saturated heterocycles. The lowest BCUT2D eigenvalue weighted by Gasteiger charge is -2.24. The highest BCUT2D eigenvalue weighted by Gasteiger charge is 2.16. The summed E-state index contributed by atoms with van der Waals surface area (Å²) in [4.78, 5) is 14.0. The lowest BCUT2D eigenvalue weighted by molar-refractivity contribution is 0.0757. The summed E-state index contributed by atoms with van der Waals surface area (Å²) in [6.45, 7) is 2.07. The van der Waals surface area contributed by atoms with E-state index in [0.717, 1.165) is 16.6 Å². The van der Waals surface area contributed by atoms with Gasteiger partial charge < -0.3 is 4.90 Å². The van der Waals surface area contributed by atoms with Crippen LogP contribution in [0.25, 0.3) is 0 Å². The SMILES string of the molecule is CSCC(C)N(C)C(=O)c1ccc(CBr)cc1. The van der Waals surface area contributed by atoms with Gasteiger partial charge in [0, 0.05) is 29.7 Å². The van der Waals surface area contributed by atoms with Crippen LogP contribution in [-0.2, 0) is 5.33 Å². The summed E-state index contributed by atoms with van der Waals surface area (Å²) in [5, 5.41) is 0.820. The molecule has 1 amide bonds. The number of thioether (sulfide) groups is 1. The van der Waals surface area contributed by atoms with E-state index < -0.39 is 0 Å². The van der Waals surface area contributed by atoms with Crippen LogP contribution in [0, 0.1) is 0 Å². The zero-order valence-corrected chi connectivity index (χ0v) is 12.8. The van der Waals surface area contributed by atoms with Crippen LogP contribution in [0.1, 0.15) is 22.8 Å². The average molecular weight is 316 g/mol. The second-order valence-corrected chi connectivity index (χ2v) is 5.52. The van der Waals surface area contributed by atoms with Crippen molar-refractivity contribution in [2.75, 3.05) is 19.1 Å². The van der Waals surface area contributed by atoms with Crippen molar-refractivity contribution < 1.29 is 4.79 Å². The van der Waals surface area contributed by atoms with E-state index in [9.17, 15) is 4.79 Å². The van der Waals surface area contributed by atoms with Crippen LogP contribution in [0.4, 0.5) is 0 Å². The second-order valence-electron chi connectivity index (χ2n) is 4.05. The first-order chi connectivity index (χ1) is 8.10. The zero-order chi connectivity index (χ0) is 12.8. The van der Waals surface area contributed by atoms with E-state index in [1.807, 2.05) is 31.3 Å². The van der Waals surface area contributed by atoms with Crippen molar-refractivity contribution in [1.82, 2.24) is 4.90 Å². The van der Waals surface area contributed by atoms with E-state index in [-0.39, 0.29) is 11.9 Å². The molecule has 0 aromatic heterocycles. The van der Waals surface area contributed by atoms with Gasteiger partial charge in [-0.25, -0.2) is 0 Å². The molecule has 17 heavy (non-hydrogen) atoms. The third-order valence-electron chi connectivity index (χ3n) is 2.74. The van der Waals surface area contributed by atoms with Gasteiger partial charge in [0.1, 0.15) is 0 Å². The van der Waals surface area contributed by atoms with Gasteiger partial charge in [0.25, 0.3) is 5.91 Å². The predicted molar refractivity (Wildman–Crippen MR) is 79.0 cm³/mol. The number of rotatable bonds is 5. The number of alkyl halides is 1. The fourth-order valence-corrected chi connectivity index (χ4v) is 2.57. The Labute approximate surface area is 116 Å². The van der Waals surface area contributed by atoms with Crippen LogP contribution >= 0.6 is 27.7 Å². The second kappa shape index (κ2) is 7.07. The van der Waals surface area contributed by atoms with E-state index in [0.29, 0.717) is 0 Å². The van der Waals surface area contributed by atoms with Crippen LogP contribution in [0.2, 0.25) is 0 Å². The van der Waals surface area contributed by atoms with E-state index in [4.69, 9.17) is 0 Å². The van der Waals surface area contributed by atoms with Crippen molar-refractivity contribution in [2.24, 2.45) is 0 Å². The molecule has 0 N–H and O–H groups in total. The number of nitrogens with zero attached hydrogens (tertiary/aromatic N) is 1. The van der Waals surface area contributed by atoms with Crippen LogP contribution in [0.5, 0.6) is 0 Å².